The number of aromatic hydroxyl groups is 1. The molecule has 2 atom stereocenters. The molecule has 3 nitrogen and oxygen atoms in total. The minimum absolute atomic E-state index is 0.372. The van der Waals surface area contributed by atoms with Crippen molar-refractivity contribution in [2.24, 2.45) is 0 Å². The van der Waals surface area contributed by atoms with Gasteiger partial charge in [0.2, 0.25) is 0 Å². The van der Waals surface area contributed by atoms with E-state index in [0.29, 0.717) is 11.7 Å². The molecule has 2 bridgehead atoms. The molecule has 0 aliphatic carbocycles. The number of piperidine rings is 1. The highest BCUT2D eigenvalue weighted by molar-refractivity contribution is 5.86. The fraction of sp³-hybridized carbons (Fsp3) is 0.529. The predicted octanol–water partition coefficient (Wildman–Crippen LogP) is 3.64. The van der Waals surface area contributed by atoms with Gasteiger partial charge in [0, 0.05) is 35.6 Å². The van der Waals surface area contributed by atoms with E-state index < -0.39 is 0 Å². The molecule has 4 rings (SSSR count). The highest BCUT2D eigenvalue weighted by Crippen LogP contribution is 2.36. The fourth-order valence-corrected chi connectivity index (χ4v) is 3.64. The predicted molar refractivity (Wildman–Crippen MR) is 83.4 cm³/mol. The van der Waals surface area contributed by atoms with Crippen LogP contribution in [0.15, 0.2) is 18.2 Å². The van der Waals surface area contributed by atoms with E-state index >= 15 is 0 Å². The zero-order valence-corrected chi connectivity index (χ0v) is 12.4. The Kier molecular flexibility index (Phi) is 3.70. The summed E-state index contributed by atoms with van der Waals surface area (Å²) in [5, 5.41) is 10.9. The lowest BCUT2D eigenvalue weighted by molar-refractivity contribution is 0.217. The zero-order valence-electron chi connectivity index (χ0n) is 12.4. The number of nitrogens with one attached hydrogen (secondary N) is 1. The molecule has 1 aromatic heterocycles. The van der Waals surface area contributed by atoms with Gasteiger partial charge in [-0.25, -0.2) is 0 Å². The van der Waals surface area contributed by atoms with E-state index in [0.717, 1.165) is 13.0 Å². The number of fused-ring (bicyclic) bond motifs is 6. The van der Waals surface area contributed by atoms with Crippen LogP contribution in [0.5, 0.6) is 5.75 Å². The molecule has 3 heterocycles. The molecular weight excluding hydrogens is 248 g/mol. The first-order valence-electron chi connectivity index (χ1n) is 7.87. The van der Waals surface area contributed by atoms with Crippen LogP contribution >= 0.6 is 0 Å². The summed E-state index contributed by atoms with van der Waals surface area (Å²) in [5.41, 5.74) is 4.05. The van der Waals surface area contributed by atoms with Crippen molar-refractivity contribution >= 4 is 10.9 Å². The van der Waals surface area contributed by atoms with Gasteiger partial charge in [-0.15, -0.1) is 0 Å². The number of rotatable bonds is 0. The van der Waals surface area contributed by atoms with Crippen LogP contribution in [0.4, 0.5) is 0 Å². The molecule has 0 radical (unpaired) electrons. The maximum absolute atomic E-state index is 9.68. The molecule has 0 amide bonds. The van der Waals surface area contributed by atoms with E-state index in [1.807, 2.05) is 26.0 Å². The molecule has 3 heteroatoms. The van der Waals surface area contributed by atoms with Crippen molar-refractivity contribution < 1.29 is 5.11 Å². The molecule has 1 fully saturated rings. The summed E-state index contributed by atoms with van der Waals surface area (Å²) in [4.78, 5) is 6.18. The molecule has 2 aliphatic heterocycles. The Labute approximate surface area is 120 Å². The summed E-state index contributed by atoms with van der Waals surface area (Å²) in [7, 11) is 0. The van der Waals surface area contributed by atoms with Crippen LogP contribution < -0.4 is 0 Å². The van der Waals surface area contributed by atoms with Gasteiger partial charge in [0.15, 0.2) is 0 Å². The number of hydrogen-bond acceptors (Lipinski definition) is 2. The first-order chi connectivity index (χ1) is 9.81. The Morgan fingerprint density at radius 1 is 1.25 bits per heavy atom. The fourth-order valence-electron chi connectivity index (χ4n) is 3.64. The van der Waals surface area contributed by atoms with E-state index in [1.165, 1.54) is 48.1 Å². The lowest BCUT2D eigenvalue weighted by Crippen LogP contribution is -2.33. The number of phenols is 1. The second-order valence-electron chi connectivity index (χ2n) is 5.64. The van der Waals surface area contributed by atoms with E-state index in [1.54, 1.807) is 6.07 Å². The van der Waals surface area contributed by atoms with Crippen LogP contribution in [0.1, 0.15) is 43.9 Å². The number of aromatic amines is 1. The number of phenolic OH excluding ortho intramolecular Hbond substituents is 1. The Balaban J connectivity index is 0.000000581. The smallest absolute Gasteiger partial charge is 0.116 e. The van der Waals surface area contributed by atoms with Crippen molar-refractivity contribution in [3.8, 4) is 5.75 Å². The molecule has 1 saturated heterocycles. The largest absolute Gasteiger partial charge is 0.508 e. The molecule has 1 aromatic carbocycles. The Morgan fingerprint density at radius 2 is 2.10 bits per heavy atom. The van der Waals surface area contributed by atoms with Crippen LogP contribution in [-0.2, 0) is 6.42 Å². The standard InChI is InChI=1S/C15H18N2O.C2H6/c18-11-3-4-14-13(8-11)12-5-7-17-6-1-2-10(9-17)15(12)16-14;1-2/h3-4,8,10,16,18H,1-2,5-7,9H2;1-2H3. The van der Waals surface area contributed by atoms with Gasteiger partial charge in [-0.05, 0) is 49.6 Å². The van der Waals surface area contributed by atoms with E-state index in [9.17, 15) is 5.11 Å². The van der Waals surface area contributed by atoms with Crippen molar-refractivity contribution in [2.75, 3.05) is 19.6 Å². The van der Waals surface area contributed by atoms with Gasteiger partial charge < -0.3 is 15.0 Å². The molecule has 2 aliphatic rings. The van der Waals surface area contributed by atoms with Gasteiger partial charge in [-0.1, -0.05) is 13.8 Å². The SMILES string of the molecule is CC.Oc1ccc2[nH]c3c(c2c1)CCN1CCCC3C1. The van der Waals surface area contributed by atoms with E-state index in [4.69, 9.17) is 0 Å². The first-order valence-corrected chi connectivity index (χ1v) is 7.87. The third kappa shape index (κ3) is 2.20. The minimum atomic E-state index is 0.372. The zero-order chi connectivity index (χ0) is 14.1. The lowest BCUT2D eigenvalue weighted by atomic mass is 9.93. The Morgan fingerprint density at radius 3 is 2.95 bits per heavy atom. The summed E-state index contributed by atoms with van der Waals surface area (Å²) in [6.45, 7) is 7.61. The van der Waals surface area contributed by atoms with Crippen LogP contribution in [0.2, 0.25) is 0 Å². The van der Waals surface area contributed by atoms with Gasteiger partial charge in [-0.3, -0.25) is 0 Å². The number of nitrogens with zero attached hydrogens (tertiary/aromatic N) is 1. The average molecular weight is 272 g/mol. The van der Waals surface area contributed by atoms with E-state index in [-0.39, 0.29) is 0 Å². The summed E-state index contributed by atoms with van der Waals surface area (Å²) in [6.07, 6.45) is 3.71. The summed E-state index contributed by atoms with van der Waals surface area (Å²) >= 11 is 0. The van der Waals surface area contributed by atoms with Crippen molar-refractivity contribution in [3.05, 3.63) is 29.5 Å². The minimum Gasteiger partial charge on any atom is -0.508 e. The number of benzene rings is 1. The molecule has 2 aromatic rings. The van der Waals surface area contributed by atoms with Gasteiger partial charge in [0.25, 0.3) is 0 Å². The molecule has 20 heavy (non-hydrogen) atoms. The lowest BCUT2D eigenvalue weighted by Gasteiger charge is -2.29. The monoisotopic (exact) mass is 272 g/mol. The Bertz CT molecular complexity index is 602. The summed E-state index contributed by atoms with van der Waals surface area (Å²) < 4.78 is 0. The number of hydrogen-bond donors (Lipinski definition) is 2. The third-order valence-electron chi connectivity index (χ3n) is 4.51. The van der Waals surface area contributed by atoms with E-state index in [2.05, 4.69) is 9.88 Å². The maximum atomic E-state index is 9.68. The van der Waals surface area contributed by atoms with Crippen LogP contribution in [0.25, 0.3) is 10.9 Å². The highest BCUT2D eigenvalue weighted by atomic mass is 16.3. The van der Waals surface area contributed by atoms with Crippen LogP contribution in [0, 0.1) is 0 Å². The maximum Gasteiger partial charge on any atom is 0.116 e. The van der Waals surface area contributed by atoms with Gasteiger partial charge >= 0.3 is 0 Å². The first kappa shape index (κ1) is 13.5. The molecule has 0 spiro atoms. The van der Waals surface area contributed by atoms with Crippen molar-refractivity contribution in [2.45, 2.75) is 39.0 Å². The second kappa shape index (κ2) is 5.49. The number of aromatic nitrogens is 1. The molecule has 2 unspecified atom stereocenters. The summed E-state index contributed by atoms with van der Waals surface area (Å²) in [6, 6.07) is 5.68. The summed E-state index contributed by atoms with van der Waals surface area (Å²) in [5.74, 6) is 1.03. The van der Waals surface area contributed by atoms with Gasteiger partial charge in [-0.2, -0.15) is 0 Å². The van der Waals surface area contributed by atoms with Crippen molar-refractivity contribution in [1.29, 1.82) is 0 Å². The molecule has 108 valence electrons. The number of H-pyrrole nitrogens is 1. The van der Waals surface area contributed by atoms with Crippen molar-refractivity contribution in [1.82, 2.24) is 9.88 Å². The third-order valence-corrected chi connectivity index (χ3v) is 4.51. The Hall–Kier alpha value is -1.48. The second-order valence-corrected chi connectivity index (χ2v) is 5.64. The quantitative estimate of drug-likeness (QED) is 0.768. The molecular formula is C17H24N2O. The molecule has 2 N–H and O–H groups in total. The molecule has 0 saturated carbocycles. The van der Waals surface area contributed by atoms with Crippen molar-refractivity contribution in [3.63, 3.8) is 0 Å². The average Bonchev–Trinajstić information content (AvgIpc) is 2.80. The van der Waals surface area contributed by atoms with Gasteiger partial charge in [0.05, 0.1) is 0 Å². The van der Waals surface area contributed by atoms with Gasteiger partial charge in [0.1, 0.15) is 5.75 Å². The normalized spacial score (nSPS) is 24.5. The van der Waals surface area contributed by atoms with Crippen LogP contribution in [0.3, 0.4) is 0 Å². The van der Waals surface area contributed by atoms with Crippen LogP contribution in [-0.4, -0.2) is 34.6 Å². The topological polar surface area (TPSA) is 39.3 Å². The highest BCUT2D eigenvalue weighted by Gasteiger charge is 2.28.